The number of aromatic nitrogens is 2. The molecule has 3 aromatic rings. The second kappa shape index (κ2) is 10.0. The number of morpholine rings is 1. The lowest BCUT2D eigenvalue weighted by atomic mass is 10.2. The van der Waals surface area contributed by atoms with Crippen LogP contribution in [0.5, 0.6) is 5.75 Å². The van der Waals surface area contributed by atoms with Crippen LogP contribution in [0, 0.1) is 0 Å². The van der Waals surface area contributed by atoms with Crippen molar-refractivity contribution in [3.8, 4) is 5.75 Å². The Morgan fingerprint density at radius 2 is 1.81 bits per heavy atom. The van der Waals surface area contributed by atoms with Crippen molar-refractivity contribution in [1.29, 1.82) is 0 Å². The van der Waals surface area contributed by atoms with E-state index in [0.29, 0.717) is 54.0 Å². The number of sulfonamides is 1. The summed E-state index contributed by atoms with van der Waals surface area (Å²) >= 11 is 12.0. The number of pyridine rings is 1. The molecule has 2 saturated heterocycles. The Morgan fingerprint density at radius 3 is 2.46 bits per heavy atom. The predicted molar refractivity (Wildman–Crippen MR) is 140 cm³/mol. The second-order valence-electron chi connectivity index (χ2n) is 8.69. The van der Waals surface area contributed by atoms with Crippen LogP contribution in [0.15, 0.2) is 35.3 Å². The molecule has 0 aliphatic carbocycles. The summed E-state index contributed by atoms with van der Waals surface area (Å²) in [6.07, 6.45) is 1.89. The molecule has 0 saturated carbocycles. The number of carbonyl (C=O) groups excluding carboxylic acids is 1. The topological polar surface area (TPSA) is 134 Å². The molecule has 2 aliphatic rings. The van der Waals surface area contributed by atoms with Gasteiger partial charge in [0, 0.05) is 42.4 Å². The lowest BCUT2D eigenvalue weighted by Gasteiger charge is -2.30. The SMILES string of the molecule is O=C(NCc1cc(Cl)cc(Cl)c1)c1nc2c(N3CCCS3(=O)=O)cc(N3CCOCC3)cn2c(=O)c1O. The van der Waals surface area contributed by atoms with Crippen molar-refractivity contribution in [2.45, 2.75) is 13.0 Å². The van der Waals surface area contributed by atoms with Gasteiger partial charge in [0.15, 0.2) is 11.3 Å². The minimum absolute atomic E-state index is 0.00291. The summed E-state index contributed by atoms with van der Waals surface area (Å²) in [5, 5.41) is 14.0. The Hall–Kier alpha value is -3.06. The first-order chi connectivity index (χ1) is 17.6. The van der Waals surface area contributed by atoms with Crippen LogP contribution in [-0.4, -0.2) is 67.4 Å². The van der Waals surface area contributed by atoms with Crippen LogP contribution in [0.25, 0.3) is 5.65 Å². The highest BCUT2D eigenvalue weighted by Crippen LogP contribution is 2.32. The molecule has 2 N–H and O–H groups in total. The number of aromatic hydroxyl groups is 1. The van der Waals surface area contributed by atoms with Crippen LogP contribution in [0.4, 0.5) is 11.4 Å². The molecule has 2 aliphatic heterocycles. The molecule has 4 heterocycles. The molecule has 0 atom stereocenters. The number of anilines is 2. The first-order valence-corrected chi connectivity index (χ1v) is 13.9. The molecule has 1 amide bonds. The van der Waals surface area contributed by atoms with Crippen LogP contribution in [0.3, 0.4) is 0 Å². The van der Waals surface area contributed by atoms with E-state index in [0.717, 1.165) is 4.40 Å². The van der Waals surface area contributed by atoms with Crippen LogP contribution >= 0.6 is 23.2 Å². The highest BCUT2D eigenvalue weighted by atomic mass is 35.5. The van der Waals surface area contributed by atoms with E-state index < -0.39 is 32.9 Å². The van der Waals surface area contributed by atoms with Crippen molar-refractivity contribution in [2.24, 2.45) is 0 Å². The molecule has 5 rings (SSSR count). The van der Waals surface area contributed by atoms with Crippen molar-refractivity contribution < 1.29 is 23.1 Å². The first-order valence-electron chi connectivity index (χ1n) is 11.5. The number of rotatable bonds is 5. The Labute approximate surface area is 222 Å². The van der Waals surface area contributed by atoms with Crippen LogP contribution < -0.4 is 20.1 Å². The van der Waals surface area contributed by atoms with Crippen molar-refractivity contribution >= 4 is 56.2 Å². The number of benzene rings is 1. The van der Waals surface area contributed by atoms with Gasteiger partial charge in [0.2, 0.25) is 15.8 Å². The highest BCUT2D eigenvalue weighted by Gasteiger charge is 2.32. The third-order valence-electron chi connectivity index (χ3n) is 6.20. The number of amides is 1. The standard InChI is InChI=1S/C23H23Cl2N5O6S/c24-15-8-14(9-16(25)10-15)12-26-22(32)19-20(31)23(33)29-13-17(28-3-5-36-6-4-28)11-18(21(29)27-19)30-2-1-7-37(30,34)35/h8-11,13,31H,1-7,12H2,(H,26,32). The maximum atomic E-state index is 13.2. The molecule has 11 nitrogen and oxygen atoms in total. The number of halogens is 2. The zero-order valence-electron chi connectivity index (χ0n) is 19.5. The van der Waals surface area contributed by atoms with Gasteiger partial charge in [-0.15, -0.1) is 0 Å². The number of carbonyl (C=O) groups is 1. The summed E-state index contributed by atoms with van der Waals surface area (Å²) in [6, 6.07) is 6.41. The van der Waals surface area contributed by atoms with Gasteiger partial charge in [-0.2, -0.15) is 0 Å². The smallest absolute Gasteiger partial charge is 0.301 e. The van der Waals surface area contributed by atoms with Gasteiger partial charge >= 0.3 is 5.56 Å². The minimum Gasteiger partial charge on any atom is -0.501 e. The summed E-state index contributed by atoms with van der Waals surface area (Å²) in [5.74, 6) is -1.71. The largest absolute Gasteiger partial charge is 0.501 e. The van der Waals surface area contributed by atoms with Gasteiger partial charge in [-0.1, -0.05) is 23.2 Å². The molecule has 2 aromatic heterocycles. The van der Waals surface area contributed by atoms with Gasteiger partial charge < -0.3 is 20.1 Å². The van der Waals surface area contributed by atoms with Gasteiger partial charge in [-0.3, -0.25) is 18.3 Å². The van der Waals surface area contributed by atoms with Gasteiger partial charge in [0.05, 0.1) is 30.3 Å². The predicted octanol–water partition coefficient (Wildman–Crippen LogP) is 2.01. The molecule has 14 heteroatoms. The summed E-state index contributed by atoms with van der Waals surface area (Å²) in [5.41, 5.74) is -0.132. The summed E-state index contributed by atoms with van der Waals surface area (Å²) in [6.45, 7) is 2.25. The second-order valence-corrected chi connectivity index (χ2v) is 11.6. The number of hydrogen-bond acceptors (Lipinski definition) is 8. The summed E-state index contributed by atoms with van der Waals surface area (Å²) in [7, 11) is -3.64. The van der Waals surface area contributed by atoms with E-state index in [2.05, 4.69) is 10.3 Å². The van der Waals surface area contributed by atoms with Crippen molar-refractivity contribution in [1.82, 2.24) is 14.7 Å². The average molecular weight is 568 g/mol. The molecule has 196 valence electrons. The Kier molecular flexibility index (Phi) is 6.92. The number of ether oxygens (including phenoxy) is 1. The molecule has 0 radical (unpaired) electrons. The van der Waals surface area contributed by atoms with Gasteiger partial charge in [0.25, 0.3) is 5.91 Å². The molecular weight excluding hydrogens is 545 g/mol. The van der Waals surface area contributed by atoms with Gasteiger partial charge in [-0.25, -0.2) is 13.4 Å². The molecule has 2 fully saturated rings. The van der Waals surface area contributed by atoms with Crippen molar-refractivity contribution in [3.05, 3.63) is 62.1 Å². The van der Waals surface area contributed by atoms with Gasteiger partial charge in [0.1, 0.15) is 0 Å². The Bertz CT molecular complexity index is 1540. The zero-order chi connectivity index (χ0) is 26.3. The number of nitrogens with zero attached hydrogens (tertiary/aromatic N) is 4. The summed E-state index contributed by atoms with van der Waals surface area (Å²) in [4.78, 5) is 32.4. The van der Waals surface area contributed by atoms with E-state index in [1.54, 1.807) is 24.3 Å². The normalized spacial score (nSPS) is 17.4. The van der Waals surface area contributed by atoms with Crippen LogP contribution in [0.2, 0.25) is 10.0 Å². The summed E-state index contributed by atoms with van der Waals surface area (Å²) < 4.78 is 33.3. The van der Waals surface area contributed by atoms with E-state index in [9.17, 15) is 23.1 Å². The highest BCUT2D eigenvalue weighted by molar-refractivity contribution is 7.93. The molecule has 0 spiro atoms. The lowest BCUT2D eigenvalue weighted by molar-refractivity contribution is 0.0942. The fourth-order valence-electron chi connectivity index (χ4n) is 4.42. The van der Waals surface area contributed by atoms with E-state index in [-0.39, 0.29) is 30.2 Å². The number of hydrogen-bond donors (Lipinski definition) is 2. The molecule has 1 aromatic carbocycles. The quantitative estimate of drug-likeness (QED) is 0.478. The molecular formula is C23H23Cl2N5O6S. The average Bonchev–Trinajstić information content (AvgIpc) is 3.22. The minimum atomic E-state index is -3.64. The van der Waals surface area contributed by atoms with E-state index in [1.165, 1.54) is 10.5 Å². The number of fused-ring (bicyclic) bond motifs is 1. The van der Waals surface area contributed by atoms with Crippen LogP contribution in [0.1, 0.15) is 22.5 Å². The van der Waals surface area contributed by atoms with Crippen LogP contribution in [-0.2, 0) is 21.3 Å². The fourth-order valence-corrected chi connectivity index (χ4v) is 6.55. The number of nitrogens with one attached hydrogen (secondary N) is 1. The van der Waals surface area contributed by atoms with E-state index in [4.69, 9.17) is 27.9 Å². The first kappa shape index (κ1) is 25.6. The lowest BCUT2D eigenvalue weighted by Crippen LogP contribution is -2.37. The maximum absolute atomic E-state index is 13.2. The monoisotopic (exact) mass is 567 g/mol. The maximum Gasteiger partial charge on any atom is 0.301 e. The third-order valence-corrected chi connectivity index (χ3v) is 8.49. The van der Waals surface area contributed by atoms with Gasteiger partial charge in [-0.05, 0) is 36.2 Å². The van der Waals surface area contributed by atoms with Crippen molar-refractivity contribution in [2.75, 3.05) is 47.8 Å². The Balaban J connectivity index is 1.59. The molecule has 0 bridgehead atoms. The third kappa shape index (κ3) is 5.06. The molecule has 0 unspecified atom stereocenters. The zero-order valence-corrected chi connectivity index (χ0v) is 21.8. The van der Waals surface area contributed by atoms with E-state index >= 15 is 0 Å². The van der Waals surface area contributed by atoms with E-state index in [1.807, 2.05) is 4.90 Å². The van der Waals surface area contributed by atoms with Crippen molar-refractivity contribution in [3.63, 3.8) is 0 Å². The molecule has 37 heavy (non-hydrogen) atoms. The fraction of sp³-hybridized carbons (Fsp3) is 0.348. The Morgan fingerprint density at radius 1 is 1.11 bits per heavy atom.